The highest BCUT2D eigenvalue weighted by molar-refractivity contribution is 7.10. The average molecular weight is 371 g/mol. The zero-order valence-corrected chi connectivity index (χ0v) is 15.6. The van der Waals surface area contributed by atoms with Crippen LogP contribution in [0.2, 0.25) is 0 Å². The van der Waals surface area contributed by atoms with Crippen molar-refractivity contribution < 1.29 is 0 Å². The highest BCUT2D eigenvalue weighted by Gasteiger charge is 2.16. The maximum absolute atomic E-state index is 4.67. The van der Waals surface area contributed by atoms with E-state index in [1.165, 1.54) is 4.88 Å². The van der Waals surface area contributed by atoms with Crippen molar-refractivity contribution >= 4 is 34.1 Å². The van der Waals surface area contributed by atoms with Gasteiger partial charge >= 0.3 is 0 Å². The molecule has 4 aromatic rings. The summed E-state index contributed by atoms with van der Waals surface area (Å²) in [5, 5.41) is 22.8. The fourth-order valence-corrected chi connectivity index (χ4v) is 4.23. The van der Waals surface area contributed by atoms with E-state index in [0.29, 0.717) is 6.04 Å². The summed E-state index contributed by atoms with van der Waals surface area (Å²) < 4.78 is 1.79. The molecular weight excluding hydrogens is 352 g/mol. The quantitative estimate of drug-likeness (QED) is 0.562. The van der Waals surface area contributed by atoms with Gasteiger partial charge < -0.3 is 10.2 Å². The van der Waals surface area contributed by atoms with Crippen LogP contribution in [0.5, 0.6) is 0 Å². The molecule has 0 saturated carbocycles. The Balaban J connectivity index is 1.58. The van der Waals surface area contributed by atoms with Gasteiger partial charge in [-0.05, 0) is 49.1 Å². The van der Waals surface area contributed by atoms with Crippen molar-refractivity contribution in [2.24, 2.45) is 0 Å². The number of nitrogens with zero attached hydrogens (tertiary/aromatic N) is 5. The number of anilines is 1. The number of fused-ring (bicyclic) bond motifs is 1. The Morgan fingerprint density at radius 2 is 2.08 bits per heavy atom. The van der Waals surface area contributed by atoms with Crippen molar-refractivity contribution in [2.45, 2.75) is 6.04 Å². The molecule has 0 aromatic carbocycles. The zero-order valence-electron chi connectivity index (χ0n) is 14.0. The van der Waals surface area contributed by atoms with Crippen LogP contribution >= 0.6 is 22.7 Å². The predicted molar refractivity (Wildman–Crippen MR) is 103 cm³/mol. The van der Waals surface area contributed by atoms with E-state index < -0.39 is 0 Å². The van der Waals surface area contributed by atoms with Crippen LogP contribution in [0.1, 0.15) is 10.9 Å². The molecule has 0 aliphatic heterocycles. The molecule has 0 aliphatic carbocycles. The number of nitrogens with one attached hydrogen (secondary N) is 1. The second-order valence-corrected chi connectivity index (χ2v) is 7.66. The van der Waals surface area contributed by atoms with Crippen LogP contribution in [0, 0.1) is 0 Å². The summed E-state index contributed by atoms with van der Waals surface area (Å²) in [5.74, 6) is 1.58. The Hall–Kier alpha value is -2.29. The fraction of sp³-hybridized carbons (Fsp3) is 0.235. The topological polar surface area (TPSA) is 58.3 Å². The largest absolute Gasteiger partial charge is 0.367 e. The standard InChI is InChI=1S/C17H18N6S2/c1-22(2)13(14-4-3-8-25-14)10-18-15-5-6-16-19-20-17(23(16)21-15)12-7-9-24-11-12/h3-9,11,13H,10H2,1-2H3,(H,18,21). The third-order valence-electron chi connectivity index (χ3n) is 4.01. The summed E-state index contributed by atoms with van der Waals surface area (Å²) in [6.07, 6.45) is 0. The SMILES string of the molecule is CN(C)C(CNc1ccc2nnc(-c3ccsc3)n2n1)c1cccs1. The van der Waals surface area contributed by atoms with Gasteiger partial charge in [-0.1, -0.05) is 6.07 Å². The van der Waals surface area contributed by atoms with Crippen molar-refractivity contribution in [3.63, 3.8) is 0 Å². The number of rotatable bonds is 6. The minimum absolute atomic E-state index is 0.301. The normalized spacial score (nSPS) is 12.8. The van der Waals surface area contributed by atoms with Crippen LogP contribution in [0.25, 0.3) is 17.0 Å². The Morgan fingerprint density at radius 3 is 2.80 bits per heavy atom. The number of hydrogen-bond donors (Lipinski definition) is 1. The molecule has 0 fully saturated rings. The van der Waals surface area contributed by atoms with Gasteiger partial charge in [0.05, 0.1) is 6.04 Å². The van der Waals surface area contributed by atoms with E-state index in [0.717, 1.165) is 29.4 Å². The Morgan fingerprint density at radius 1 is 1.16 bits per heavy atom. The van der Waals surface area contributed by atoms with Crippen molar-refractivity contribution in [1.29, 1.82) is 0 Å². The van der Waals surface area contributed by atoms with E-state index in [2.05, 4.69) is 62.5 Å². The Labute approximate surface area is 153 Å². The monoisotopic (exact) mass is 370 g/mol. The minimum atomic E-state index is 0.301. The van der Waals surface area contributed by atoms with Crippen LogP contribution in [-0.2, 0) is 0 Å². The van der Waals surface area contributed by atoms with E-state index in [4.69, 9.17) is 0 Å². The summed E-state index contributed by atoms with van der Waals surface area (Å²) in [7, 11) is 4.19. The third kappa shape index (κ3) is 3.28. The number of aromatic nitrogens is 4. The molecule has 0 aliphatic rings. The van der Waals surface area contributed by atoms with Gasteiger partial charge in [-0.2, -0.15) is 15.9 Å². The van der Waals surface area contributed by atoms with Crippen LogP contribution in [-0.4, -0.2) is 45.4 Å². The average Bonchev–Trinajstić information content (AvgIpc) is 3.35. The van der Waals surface area contributed by atoms with Crippen molar-refractivity contribution in [1.82, 2.24) is 24.7 Å². The first kappa shape index (κ1) is 16.2. The van der Waals surface area contributed by atoms with E-state index >= 15 is 0 Å². The van der Waals surface area contributed by atoms with Gasteiger partial charge in [0.2, 0.25) is 0 Å². The molecule has 0 radical (unpaired) electrons. The van der Waals surface area contributed by atoms with Crippen LogP contribution in [0.15, 0.2) is 46.5 Å². The molecule has 4 aromatic heterocycles. The summed E-state index contributed by atoms with van der Waals surface area (Å²) in [4.78, 5) is 3.55. The molecule has 1 unspecified atom stereocenters. The first-order chi connectivity index (χ1) is 12.2. The Kier molecular flexibility index (Phi) is 4.48. The lowest BCUT2D eigenvalue weighted by atomic mass is 10.2. The second kappa shape index (κ2) is 6.91. The van der Waals surface area contributed by atoms with Crippen molar-refractivity contribution in [3.05, 3.63) is 51.3 Å². The van der Waals surface area contributed by atoms with Gasteiger partial charge in [0, 0.05) is 22.4 Å². The van der Waals surface area contributed by atoms with Gasteiger partial charge in [-0.25, -0.2) is 0 Å². The molecule has 4 heterocycles. The van der Waals surface area contributed by atoms with Gasteiger partial charge in [0.25, 0.3) is 0 Å². The zero-order chi connectivity index (χ0) is 17.2. The lowest BCUT2D eigenvalue weighted by Crippen LogP contribution is -2.26. The highest BCUT2D eigenvalue weighted by atomic mass is 32.1. The molecular formula is C17H18N6S2. The van der Waals surface area contributed by atoms with E-state index in [9.17, 15) is 0 Å². The van der Waals surface area contributed by atoms with Crippen LogP contribution < -0.4 is 5.32 Å². The smallest absolute Gasteiger partial charge is 0.186 e. The maximum Gasteiger partial charge on any atom is 0.186 e. The molecule has 0 bridgehead atoms. The lowest BCUT2D eigenvalue weighted by molar-refractivity contribution is 0.316. The fourth-order valence-electron chi connectivity index (χ4n) is 2.67. The van der Waals surface area contributed by atoms with Gasteiger partial charge in [0.1, 0.15) is 5.82 Å². The number of hydrogen-bond acceptors (Lipinski definition) is 7. The van der Waals surface area contributed by atoms with E-state index in [1.54, 1.807) is 27.2 Å². The molecule has 8 heteroatoms. The van der Waals surface area contributed by atoms with Crippen molar-refractivity contribution in [2.75, 3.05) is 26.0 Å². The Bertz CT molecular complexity index is 943. The molecule has 0 saturated heterocycles. The summed E-state index contributed by atoms with van der Waals surface area (Å²) in [5.41, 5.74) is 1.78. The summed E-state index contributed by atoms with van der Waals surface area (Å²) >= 11 is 3.41. The van der Waals surface area contributed by atoms with Crippen molar-refractivity contribution in [3.8, 4) is 11.4 Å². The third-order valence-corrected chi connectivity index (χ3v) is 5.67. The van der Waals surface area contributed by atoms with E-state index in [-0.39, 0.29) is 0 Å². The molecule has 128 valence electrons. The first-order valence-electron chi connectivity index (χ1n) is 7.91. The molecule has 25 heavy (non-hydrogen) atoms. The highest BCUT2D eigenvalue weighted by Crippen LogP contribution is 2.24. The van der Waals surface area contributed by atoms with Gasteiger partial charge in [-0.15, -0.1) is 26.6 Å². The van der Waals surface area contributed by atoms with Gasteiger partial charge in [-0.3, -0.25) is 0 Å². The minimum Gasteiger partial charge on any atom is -0.367 e. The first-order valence-corrected chi connectivity index (χ1v) is 9.73. The van der Waals surface area contributed by atoms with Gasteiger partial charge in [0.15, 0.2) is 11.5 Å². The second-order valence-electron chi connectivity index (χ2n) is 5.90. The molecule has 1 N–H and O–H groups in total. The summed E-state index contributed by atoms with van der Waals surface area (Å²) in [6.45, 7) is 0.780. The van der Waals surface area contributed by atoms with Crippen LogP contribution in [0.3, 0.4) is 0 Å². The maximum atomic E-state index is 4.67. The molecule has 0 amide bonds. The number of thiophene rings is 2. The number of likely N-dealkylation sites (N-methyl/N-ethyl adjacent to an activating group) is 1. The van der Waals surface area contributed by atoms with Crippen LogP contribution in [0.4, 0.5) is 5.82 Å². The molecule has 4 rings (SSSR count). The lowest BCUT2D eigenvalue weighted by Gasteiger charge is -2.23. The predicted octanol–water partition coefficient (Wildman–Crippen LogP) is 3.63. The van der Waals surface area contributed by atoms with E-state index in [1.807, 2.05) is 23.6 Å². The molecule has 1 atom stereocenters. The molecule has 0 spiro atoms. The molecule has 6 nitrogen and oxygen atoms in total. The summed E-state index contributed by atoms with van der Waals surface area (Å²) in [6, 6.07) is 10.5.